The molecule has 0 aliphatic rings. The molecule has 0 aromatic heterocycles. The minimum Gasteiger partial charge on any atom is -0.462 e. The number of rotatable bonds is 73. The van der Waals surface area contributed by atoms with Crippen LogP contribution in [0.15, 0.2) is 0 Å². The molecule has 0 aromatic carbocycles. The van der Waals surface area contributed by atoms with Gasteiger partial charge in [-0.3, -0.25) is 37.3 Å². The summed E-state index contributed by atoms with van der Waals surface area (Å²) in [6, 6.07) is 0. The molecule has 3 N–H and O–H groups in total. The molecule has 0 aliphatic carbocycles. The molecule has 0 saturated carbocycles. The third-order valence-electron chi connectivity index (χ3n) is 17.7. The van der Waals surface area contributed by atoms with Gasteiger partial charge in [0.2, 0.25) is 0 Å². The first-order valence-corrected chi connectivity index (χ1v) is 41.9. The number of unbranched alkanes of at least 4 members (excludes halogenated alkanes) is 40. The van der Waals surface area contributed by atoms with Crippen molar-refractivity contribution in [2.45, 2.75) is 401 Å². The molecule has 0 aromatic rings. The molecule has 0 bridgehead atoms. The van der Waals surface area contributed by atoms with Crippen LogP contribution in [0, 0.1) is 17.8 Å². The molecule has 0 radical (unpaired) electrons. The Morgan fingerprint density at radius 2 is 0.543 bits per heavy atom. The van der Waals surface area contributed by atoms with Crippen LogP contribution in [0.2, 0.25) is 0 Å². The van der Waals surface area contributed by atoms with Crippen LogP contribution >= 0.6 is 15.6 Å². The van der Waals surface area contributed by atoms with Crippen molar-refractivity contribution in [3.8, 4) is 0 Å². The molecule has 558 valence electrons. The molecule has 0 amide bonds. The second-order valence-corrected chi connectivity index (χ2v) is 31.1. The summed E-state index contributed by atoms with van der Waals surface area (Å²) >= 11 is 0. The fourth-order valence-corrected chi connectivity index (χ4v) is 13.0. The first-order chi connectivity index (χ1) is 45.3. The third-order valence-corrected chi connectivity index (χ3v) is 19.6. The van der Waals surface area contributed by atoms with Gasteiger partial charge in [-0.15, -0.1) is 0 Å². The SMILES string of the molecule is CCCCCCCCCCCCCCCCCCCCCCC(=O)O[C@H](COC(=O)CCCCCCCCCCCCC(C)CC)COP(=O)(O)OC[C@@H](O)COP(=O)(O)OC[C@@H](COC(=O)CCCCCCCCCC(C)C)OC(=O)CCCCCCCCCC(C)C. The van der Waals surface area contributed by atoms with Crippen molar-refractivity contribution in [1.29, 1.82) is 0 Å². The lowest BCUT2D eigenvalue weighted by Gasteiger charge is -2.21. The van der Waals surface area contributed by atoms with Gasteiger partial charge in [0.15, 0.2) is 12.2 Å². The molecular formula is C75H146O17P2. The van der Waals surface area contributed by atoms with Crippen molar-refractivity contribution in [1.82, 2.24) is 0 Å². The number of aliphatic hydroxyl groups excluding tert-OH is 1. The topological polar surface area (TPSA) is 237 Å². The summed E-state index contributed by atoms with van der Waals surface area (Å²) in [6.45, 7) is 11.8. The minimum absolute atomic E-state index is 0.103. The molecule has 17 nitrogen and oxygen atoms in total. The average molecular weight is 1380 g/mol. The van der Waals surface area contributed by atoms with Crippen molar-refractivity contribution in [3.05, 3.63) is 0 Å². The van der Waals surface area contributed by atoms with Gasteiger partial charge >= 0.3 is 39.5 Å². The molecule has 0 heterocycles. The summed E-state index contributed by atoms with van der Waals surface area (Å²) in [5.74, 6) is 0.0864. The number of carbonyl (C=O) groups is 4. The van der Waals surface area contributed by atoms with Gasteiger partial charge in [0, 0.05) is 25.7 Å². The summed E-state index contributed by atoms with van der Waals surface area (Å²) in [5.41, 5.74) is 0. The highest BCUT2D eigenvalue weighted by molar-refractivity contribution is 7.47. The second-order valence-electron chi connectivity index (χ2n) is 28.2. The van der Waals surface area contributed by atoms with E-state index in [9.17, 15) is 43.2 Å². The van der Waals surface area contributed by atoms with Crippen LogP contribution in [0.5, 0.6) is 0 Å². The Bertz CT molecular complexity index is 1840. The van der Waals surface area contributed by atoms with E-state index in [0.717, 1.165) is 102 Å². The van der Waals surface area contributed by atoms with E-state index in [1.165, 1.54) is 186 Å². The van der Waals surface area contributed by atoms with Gasteiger partial charge in [-0.25, -0.2) is 9.13 Å². The molecular weight excluding hydrogens is 1230 g/mol. The molecule has 0 saturated heterocycles. The molecule has 94 heavy (non-hydrogen) atoms. The lowest BCUT2D eigenvalue weighted by molar-refractivity contribution is -0.161. The van der Waals surface area contributed by atoms with Crippen LogP contribution in [-0.2, 0) is 65.4 Å². The van der Waals surface area contributed by atoms with Gasteiger partial charge in [-0.2, -0.15) is 0 Å². The smallest absolute Gasteiger partial charge is 0.462 e. The molecule has 0 fully saturated rings. The van der Waals surface area contributed by atoms with Gasteiger partial charge in [-0.05, 0) is 43.4 Å². The number of aliphatic hydroxyl groups is 1. The van der Waals surface area contributed by atoms with E-state index >= 15 is 0 Å². The average Bonchev–Trinajstić information content (AvgIpc) is 1.70. The molecule has 0 rings (SSSR count). The number of esters is 4. The summed E-state index contributed by atoms with van der Waals surface area (Å²) in [4.78, 5) is 72.7. The van der Waals surface area contributed by atoms with Crippen molar-refractivity contribution in [3.63, 3.8) is 0 Å². The van der Waals surface area contributed by atoms with Gasteiger partial charge in [-0.1, -0.05) is 331 Å². The Kier molecular flexibility index (Phi) is 64.3. The van der Waals surface area contributed by atoms with Crippen molar-refractivity contribution >= 4 is 39.5 Å². The monoisotopic (exact) mass is 1380 g/mol. The number of ether oxygens (including phenoxy) is 4. The predicted molar refractivity (Wildman–Crippen MR) is 381 cm³/mol. The van der Waals surface area contributed by atoms with Gasteiger partial charge in [0.05, 0.1) is 26.4 Å². The largest absolute Gasteiger partial charge is 0.472 e. The van der Waals surface area contributed by atoms with Gasteiger partial charge in [0.1, 0.15) is 19.3 Å². The van der Waals surface area contributed by atoms with E-state index in [1.54, 1.807) is 0 Å². The van der Waals surface area contributed by atoms with E-state index in [1.807, 2.05) is 0 Å². The maximum absolute atomic E-state index is 13.1. The number of phosphoric acid groups is 2. The van der Waals surface area contributed by atoms with Crippen LogP contribution in [-0.4, -0.2) is 96.7 Å². The minimum atomic E-state index is -4.96. The van der Waals surface area contributed by atoms with E-state index in [0.29, 0.717) is 37.5 Å². The molecule has 19 heteroatoms. The van der Waals surface area contributed by atoms with Crippen LogP contribution in [0.4, 0.5) is 0 Å². The highest BCUT2D eigenvalue weighted by Gasteiger charge is 2.30. The van der Waals surface area contributed by atoms with Crippen molar-refractivity contribution in [2.24, 2.45) is 17.8 Å². The number of phosphoric ester groups is 2. The van der Waals surface area contributed by atoms with Crippen molar-refractivity contribution < 1.29 is 80.2 Å². The summed E-state index contributed by atoms with van der Waals surface area (Å²) in [5, 5.41) is 10.6. The molecule has 6 atom stereocenters. The lowest BCUT2D eigenvalue weighted by atomic mass is 9.99. The maximum Gasteiger partial charge on any atom is 0.472 e. The fraction of sp³-hybridized carbons (Fsp3) is 0.947. The number of hydrogen-bond acceptors (Lipinski definition) is 15. The maximum atomic E-state index is 13.1. The quantitative estimate of drug-likeness (QED) is 0.0222. The Balaban J connectivity index is 5.21. The first-order valence-electron chi connectivity index (χ1n) is 38.9. The Morgan fingerprint density at radius 3 is 0.809 bits per heavy atom. The Hall–Kier alpha value is -1.94. The lowest BCUT2D eigenvalue weighted by Crippen LogP contribution is -2.30. The Labute approximate surface area is 575 Å². The van der Waals surface area contributed by atoms with Crippen molar-refractivity contribution in [2.75, 3.05) is 39.6 Å². The summed E-state index contributed by atoms with van der Waals surface area (Å²) in [7, 11) is -9.91. The fourth-order valence-electron chi connectivity index (χ4n) is 11.4. The normalized spacial score (nSPS) is 14.4. The number of hydrogen-bond donors (Lipinski definition) is 3. The zero-order valence-electron chi connectivity index (χ0n) is 61.4. The molecule has 0 aliphatic heterocycles. The highest BCUT2D eigenvalue weighted by Crippen LogP contribution is 2.45. The molecule has 0 spiro atoms. The van der Waals surface area contributed by atoms with E-state index in [-0.39, 0.29) is 25.7 Å². The van der Waals surface area contributed by atoms with Gasteiger partial charge < -0.3 is 33.8 Å². The first kappa shape index (κ1) is 92.1. The summed E-state index contributed by atoms with van der Waals surface area (Å²) < 4.78 is 68.4. The van der Waals surface area contributed by atoms with E-state index in [4.69, 9.17) is 37.0 Å². The third kappa shape index (κ3) is 67.3. The van der Waals surface area contributed by atoms with E-state index < -0.39 is 97.5 Å². The van der Waals surface area contributed by atoms with E-state index in [2.05, 4.69) is 48.5 Å². The number of carbonyl (C=O) groups excluding carboxylic acids is 4. The second kappa shape index (κ2) is 65.7. The van der Waals surface area contributed by atoms with Crippen LogP contribution in [0.3, 0.4) is 0 Å². The summed E-state index contributed by atoms with van der Waals surface area (Å²) in [6.07, 6.45) is 51.6. The zero-order chi connectivity index (χ0) is 69.4. The standard InChI is InChI=1S/C75H146O17P2/c1-8-10-11-12-13-14-15-16-17-18-19-20-21-22-23-24-29-36-44-51-58-74(79)91-70(62-85-72(77)56-49-42-35-28-26-25-27-34-41-48-55-68(7)9-2)64-89-93(81,82)87-60-69(76)61-88-94(83,84)90-65-71(92-75(80)59-52-45-38-31-33-40-47-54-67(5)6)63-86-73(78)57-50-43-37-30-32-39-46-53-66(3)4/h66-71,76H,8-65H2,1-7H3,(H,81,82)(H,83,84)/t68?,69-,70-,71-/m1/s1. The predicted octanol–water partition coefficient (Wildman–Crippen LogP) is 21.8. The van der Waals surface area contributed by atoms with Gasteiger partial charge in [0.25, 0.3) is 0 Å². The van der Waals surface area contributed by atoms with Crippen LogP contribution in [0.25, 0.3) is 0 Å². The highest BCUT2D eigenvalue weighted by atomic mass is 31.2. The molecule has 3 unspecified atom stereocenters. The van der Waals surface area contributed by atoms with Crippen LogP contribution < -0.4 is 0 Å². The zero-order valence-corrected chi connectivity index (χ0v) is 63.2. The van der Waals surface area contributed by atoms with Crippen LogP contribution in [0.1, 0.15) is 382 Å². The Morgan fingerprint density at radius 1 is 0.309 bits per heavy atom.